The molecule has 0 spiro atoms. The molecule has 0 aliphatic carbocycles. The van der Waals surface area contributed by atoms with Crippen molar-refractivity contribution in [2.45, 2.75) is 45.8 Å². The number of carboxylic acid groups (broad SMARTS) is 1. The van der Waals surface area contributed by atoms with Gasteiger partial charge in [0.05, 0.1) is 17.6 Å². The Hall–Kier alpha value is -3.91. The molecule has 7 nitrogen and oxygen atoms in total. The average Bonchev–Trinajstić information content (AvgIpc) is 3.58. The number of imidazole rings is 1. The summed E-state index contributed by atoms with van der Waals surface area (Å²) in [6.45, 7) is 5.85. The Morgan fingerprint density at radius 1 is 1.03 bits per heavy atom. The van der Waals surface area contributed by atoms with Crippen LogP contribution >= 0.6 is 0 Å². The van der Waals surface area contributed by atoms with Crippen LogP contribution in [0.4, 0.5) is 4.39 Å². The zero-order valence-electron chi connectivity index (χ0n) is 22.2. The zero-order chi connectivity index (χ0) is 27.2. The van der Waals surface area contributed by atoms with E-state index in [4.69, 9.17) is 19.6 Å². The van der Waals surface area contributed by atoms with Crippen LogP contribution < -0.4 is 9.47 Å². The van der Waals surface area contributed by atoms with Crippen LogP contribution in [-0.2, 0) is 30.8 Å². The Labute approximate surface area is 227 Å². The lowest BCUT2D eigenvalue weighted by Gasteiger charge is -2.18. The number of halogens is 1. The molecule has 1 saturated heterocycles. The second-order valence-corrected chi connectivity index (χ2v) is 9.92. The molecule has 5 rings (SSSR count). The van der Waals surface area contributed by atoms with Gasteiger partial charge in [-0.25, -0.2) is 14.2 Å². The number of aliphatic carboxylic acids is 1. The molecule has 1 aliphatic heterocycles. The molecule has 0 saturated carbocycles. The van der Waals surface area contributed by atoms with Gasteiger partial charge >= 0.3 is 5.97 Å². The zero-order valence-corrected chi connectivity index (χ0v) is 22.2. The lowest BCUT2D eigenvalue weighted by atomic mass is 10.1. The van der Waals surface area contributed by atoms with Gasteiger partial charge < -0.3 is 24.0 Å². The number of nitrogens with zero attached hydrogens (tertiary/aromatic N) is 3. The highest BCUT2D eigenvalue weighted by Crippen LogP contribution is 2.29. The fourth-order valence-electron chi connectivity index (χ4n) is 5.16. The summed E-state index contributed by atoms with van der Waals surface area (Å²) in [5.74, 6) is 1.00. The quantitative estimate of drug-likeness (QED) is 0.261. The summed E-state index contributed by atoms with van der Waals surface area (Å²) in [4.78, 5) is 18.0. The molecule has 1 fully saturated rings. The van der Waals surface area contributed by atoms with Crippen LogP contribution in [0.15, 0.2) is 60.7 Å². The fraction of sp³-hybridized carbons (Fsp3) is 0.355. The third kappa shape index (κ3) is 6.57. The molecular weight excluding hydrogens is 497 g/mol. The van der Waals surface area contributed by atoms with Crippen molar-refractivity contribution in [2.24, 2.45) is 0 Å². The van der Waals surface area contributed by atoms with Gasteiger partial charge in [-0.15, -0.1) is 0 Å². The topological polar surface area (TPSA) is 76.8 Å². The predicted molar refractivity (Wildman–Crippen MR) is 148 cm³/mol. The summed E-state index contributed by atoms with van der Waals surface area (Å²) >= 11 is 0. The third-order valence-corrected chi connectivity index (χ3v) is 7.20. The van der Waals surface area contributed by atoms with Crippen LogP contribution in [0.2, 0.25) is 0 Å². The maximum absolute atomic E-state index is 14.1. The molecule has 1 aromatic heterocycles. The Balaban J connectivity index is 1.39. The number of rotatable bonds is 12. The molecule has 0 amide bonds. The summed E-state index contributed by atoms with van der Waals surface area (Å²) in [5.41, 5.74) is 4.69. The first-order valence-corrected chi connectivity index (χ1v) is 13.5. The van der Waals surface area contributed by atoms with Gasteiger partial charge in [-0.3, -0.25) is 0 Å². The highest BCUT2D eigenvalue weighted by atomic mass is 19.1. The van der Waals surface area contributed by atoms with Crippen molar-refractivity contribution in [3.05, 3.63) is 89.0 Å². The molecule has 3 aromatic carbocycles. The summed E-state index contributed by atoms with van der Waals surface area (Å²) in [5, 5.41) is 8.80. The van der Waals surface area contributed by atoms with E-state index in [1.165, 1.54) is 25.0 Å². The van der Waals surface area contributed by atoms with Gasteiger partial charge in [0.2, 0.25) is 0 Å². The van der Waals surface area contributed by atoms with Crippen molar-refractivity contribution < 1.29 is 23.8 Å². The number of carboxylic acids is 1. The largest absolute Gasteiger partial charge is 0.488 e. The lowest BCUT2D eigenvalue weighted by Crippen LogP contribution is -2.23. The van der Waals surface area contributed by atoms with E-state index in [1.807, 2.05) is 18.2 Å². The maximum atomic E-state index is 14.1. The van der Waals surface area contributed by atoms with Crippen molar-refractivity contribution in [1.29, 1.82) is 0 Å². The van der Waals surface area contributed by atoms with Gasteiger partial charge in [0.25, 0.3) is 0 Å². The minimum absolute atomic E-state index is 0.283. The van der Waals surface area contributed by atoms with Crippen LogP contribution in [0.3, 0.4) is 0 Å². The Morgan fingerprint density at radius 2 is 1.79 bits per heavy atom. The highest BCUT2D eigenvalue weighted by molar-refractivity contribution is 5.76. The highest BCUT2D eigenvalue weighted by Gasteiger charge is 2.18. The summed E-state index contributed by atoms with van der Waals surface area (Å²) in [6, 6.07) is 18.3. The fourth-order valence-corrected chi connectivity index (χ4v) is 5.16. The van der Waals surface area contributed by atoms with Crippen molar-refractivity contribution >= 4 is 17.0 Å². The molecule has 8 heteroatoms. The van der Waals surface area contributed by atoms with Gasteiger partial charge in [0.15, 0.2) is 6.61 Å². The molecular formula is C31H34FN3O4. The molecule has 1 N–H and O–H groups in total. The SMILES string of the molecule is CCc1cccc(Cn2c(CCN3CCCC3)nc3cc(F)ccc32)c1OCc1ccc(OCC(=O)O)cc1. The van der Waals surface area contributed by atoms with Crippen molar-refractivity contribution in [3.8, 4) is 11.5 Å². The Kier molecular flexibility index (Phi) is 8.42. The van der Waals surface area contributed by atoms with E-state index in [-0.39, 0.29) is 12.4 Å². The van der Waals surface area contributed by atoms with Gasteiger partial charge in [0.1, 0.15) is 29.7 Å². The van der Waals surface area contributed by atoms with Crippen LogP contribution in [0.5, 0.6) is 11.5 Å². The number of ether oxygens (including phenoxy) is 2. The van der Waals surface area contributed by atoms with E-state index < -0.39 is 5.97 Å². The van der Waals surface area contributed by atoms with Crippen LogP contribution in [-0.4, -0.2) is 51.8 Å². The number of para-hydroxylation sites is 1. The Morgan fingerprint density at radius 3 is 2.54 bits per heavy atom. The van der Waals surface area contributed by atoms with E-state index >= 15 is 0 Å². The number of hydrogen-bond acceptors (Lipinski definition) is 5. The predicted octanol–water partition coefficient (Wildman–Crippen LogP) is 5.47. The van der Waals surface area contributed by atoms with Crippen molar-refractivity contribution in [3.63, 3.8) is 0 Å². The molecule has 39 heavy (non-hydrogen) atoms. The van der Waals surface area contributed by atoms with Gasteiger partial charge in [-0.1, -0.05) is 37.3 Å². The number of likely N-dealkylation sites (tertiary alicyclic amines) is 1. The van der Waals surface area contributed by atoms with Gasteiger partial charge in [-0.2, -0.15) is 0 Å². The van der Waals surface area contributed by atoms with Gasteiger partial charge in [0, 0.05) is 24.6 Å². The number of aryl methyl sites for hydroxylation is 1. The van der Waals surface area contributed by atoms with Crippen molar-refractivity contribution in [2.75, 3.05) is 26.2 Å². The first-order chi connectivity index (χ1) is 19.0. The maximum Gasteiger partial charge on any atom is 0.341 e. The van der Waals surface area contributed by atoms with Gasteiger partial charge in [-0.05, 0) is 67.7 Å². The van der Waals surface area contributed by atoms with Crippen molar-refractivity contribution in [1.82, 2.24) is 14.5 Å². The molecule has 4 aromatic rings. The molecule has 2 heterocycles. The minimum Gasteiger partial charge on any atom is -0.488 e. The minimum atomic E-state index is -1.01. The van der Waals surface area contributed by atoms with Crippen LogP contribution in [0, 0.1) is 5.82 Å². The van der Waals surface area contributed by atoms with Crippen LogP contribution in [0.25, 0.3) is 11.0 Å². The number of fused-ring (bicyclic) bond motifs is 1. The first-order valence-electron chi connectivity index (χ1n) is 13.5. The molecule has 0 bridgehead atoms. The van der Waals surface area contributed by atoms with E-state index in [2.05, 4.69) is 34.6 Å². The van der Waals surface area contributed by atoms with E-state index in [0.29, 0.717) is 24.4 Å². The normalized spacial score (nSPS) is 13.7. The van der Waals surface area contributed by atoms with E-state index in [9.17, 15) is 9.18 Å². The van der Waals surface area contributed by atoms with E-state index in [1.54, 1.807) is 12.1 Å². The molecule has 0 radical (unpaired) electrons. The monoisotopic (exact) mass is 531 g/mol. The molecule has 204 valence electrons. The lowest BCUT2D eigenvalue weighted by molar-refractivity contribution is -0.139. The second kappa shape index (κ2) is 12.3. The summed E-state index contributed by atoms with van der Waals surface area (Å²) in [6.07, 6.45) is 4.10. The number of hydrogen-bond donors (Lipinski definition) is 1. The molecule has 0 unspecified atom stereocenters. The average molecular weight is 532 g/mol. The number of aromatic nitrogens is 2. The first kappa shape index (κ1) is 26.7. The molecule has 0 atom stereocenters. The number of carbonyl (C=O) groups is 1. The Bertz CT molecular complexity index is 1430. The van der Waals surface area contributed by atoms with E-state index in [0.717, 1.165) is 66.3 Å². The van der Waals surface area contributed by atoms with Crippen LogP contribution in [0.1, 0.15) is 42.3 Å². The molecule has 1 aliphatic rings. The third-order valence-electron chi connectivity index (χ3n) is 7.20. The standard InChI is InChI=1S/C31H34FN3O4/c1-2-23-6-5-7-24(31(23)39-20-22-8-11-26(12-9-22)38-21-30(36)37)19-35-28-13-10-25(32)18-27(28)33-29(35)14-17-34-15-3-4-16-34/h5-13,18H,2-4,14-17,19-21H2,1H3,(H,36,37). The summed E-state index contributed by atoms with van der Waals surface area (Å²) < 4.78 is 27.9. The smallest absolute Gasteiger partial charge is 0.341 e. The summed E-state index contributed by atoms with van der Waals surface area (Å²) in [7, 11) is 0. The second-order valence-electron chi connectivity index (χ2n) is 9.92. The number of benzene rings is 3.